The van der Waals surface area contributed by atoms with Crippen molar-refractivity contribution in [1.29, 1.82) is 0 Å². The van der Waals surface area contributed by atoms with Gasteiger partial charge in [-0.3, -0.25) is 0 Å². The van der Waals surface area contributed by atoms with Crippen LogP contribution in [0, 0.1) is 6.92 Å². The molecule has 0 heterocycles. The first kappa shape index (κ1) is 12.7. The van der Waals surface area contributed by atoms with Crippen LogP contribution in [0.1, 0.15) is 29.5 Å². The van der Waals surface area contributed by atoms with Crippen molar-refractivity contribution in [3.05, 3.63) is 47.5 Å². The van der Waals surface area contributed by atoms with E-state index in [-0.39, 0.29) is 5.54 Å². The van der Waals surface area contributed by atoms with Gasteiger partial charge < -0.3 is 10.4 Å². The predicted molar refractivity (Wildman–Crippen MR) is 71.9 cm³/mol. The van der Waals surface area contributed by atoms with Gasteiger partial charge in [0.25, 0.3) is 0 Å². The molecule has 1 amide bonds. The Morgan fingerprint density at radius 2 is 2.28 bits per heavy atom. The lowest BCUT2D eigenvalue weighted by atomic mass is 9.96. The quantitative estimate of drug-likeness (QED) is 0.783. The molecule has 0 aliphatic heterocycles. The number of hydrogen-bond donors (Lipinski definition) is 2. The Kier molecular flexibility index (Phi) is 3.41. The summed E-state index contributed by atoms with van der Waals surface area (Å²) in [6.07, 6.45) is 4.47. The molecule has 3 heteroatoms. The fraction of sp³-hybridized carbons (Fsp3) is 0.400. The summed E-state index contributed by atoms with van der Waals surface area (Å²) in [5.74, 6) is 0. The van der Waals surface area contributed by atoms with Crippen LogP contribution >= 0.6 is 0 Å². The Morgan fingerprint density at radius 1 is 1.56 bits per heavy atom. The molecule has 18 heavy (non-hydrogen) atoms. The first-order valence-corrected chi connectivity index (χ1v) is 6.25. The lowest BCUT2D eigenvalue weighted by Crippen LogP contribution is -2.37. The van der Waals surface area contributed by atoms with Crippen molar-refractivity contribution in [2.24, 2.45) is 0 Å². The van der Waals surface area contributed by atoms with Gasteiger partial charge in [0, 0.05) is 5.54 Å². The summed E-state index contributed by atoms with van der Waals surface area (Å²) >= 11 is 0. The number of carbonyl (C=O) groups is 1. The molecule has 1 fully saturated rings. The van der Waals surface area contributed by atoms with Crippen molar-refractivity contribution < 1.29 is 9.90 Å². The zero-order chi connectivity index (χ0) is 13.2. The highest BCUT2D eigenvalue weighted by Gasteiger charge is 2.44. The van der Waals surface area contributed by atoms with Crippen LogP contribution in [0.4, 0.5) is 4.79 Å². The minimum atomic E-state index is -0.924. The second-order valence-electron chi connectivity index (χ2n) is 5.14. The molecule has 2 N–H and O–H groups in total. The smallest absolute Gasteiger partial charge is 0.405 e. The summed E-state index contributed by atoms with van der Waals surface area (Å²) in [5.41, 5.74) is 3.47. The molecular weight excluding hydrogens is 226 g/mol. The number of benzene rings is 1. The highest BCUT2D eigenvalue weighted by molar-refractivity contribution is 5.66. The molecule has 0 unspecified atom stereocenters. The molecule has 1 aromatic carbocycles. The van der Waals surface area contributed by atoms with Gasteiger partial charge in [-0.1, -0.05) is 24.3 Å². The van der Waals surface area contributed by atoms with Crippen LogP contribution in [0.3, 0.4) is 0 Å². The zero-order valence-corrected chi connectivity index (χ0v) is 10.7. The standard InChI is InChI=1S/C15H19NO2/c1-3-4-12-6-5-11(2)13(9-12)10-15(7-8-15)16-14(17)18/h3,5-6,9,16H,1,4,7-8,10H2,2H3,(H,17,18). The van der Waals surface area contributed by atoms with Crippen LogP contribution in [-0.4, -0.2) is 16.7 Å². The Morgan fingerprint density at radius 3 is 2.83 bits per heavy atom. The lowest BCUT2D eigenvalue weighted by molar-refractivity contribution is 0.188. The maximum atomic E-state index is 10.8. The molecule has 0 bridgehead atoms. The van der Waals surface area contributed by atoms with E-state index in [4.69, 9.17) is 5.11 Å². The van der Waals surface area contributed by atoms with E-state index < -0.39 is 6.09 Å². The van der Waals surface area contributed by atoms with E-state index >= 15 is 0 Å². The van der Waals surface area contributed by atoms with Gasteiger partial charge in [-0.25, -0.2) is 4.79 Å². The molecular formula is C15H19NO2. The summed E-state index contributed by atoms with van der Waals surface area (Å²) in [4.78, 5) is 10.8. The van der Waals surface area contributed by atoms with Gasteiger partial charge in [0.15, 0.2) is 0 Å². The largest absolute Gasteiger partial charge is 0.465 e. The normalized spacial score (nSPS) is 16.1. The Hall–Kier alpha value is -1.77. The maximum Gasteiger partial charge on any atom is 0.405 e. The number of amides is 1. The monoisotopic (exact) mass is 245 g/mol. The minimum Gasteiger partial charge on any atom is -0.465 e. The number of aryl methyl sites for hydroxylation is 1. The van der Waals surface area contributed by atoms with Gasteiger partial charge >= 0.3 is 6.09 Å². The molecule has 0 spiro atoms. The SMILES string of the molecule is C=CCc1ccc(C)c(CC2(NC(=O)O)CC2)c1. The fourth-order valence-corrected chi connectivity index (χ4v) is 2.30. The average Bonchev–Trinajstić information content (AvgIpc) is 3.02. The van der Waals surface area contributed by atoms with Crippen molar-refractivity contribution in [3.8, 4) is 0 Å². The van der Waals surface area contributed by atoms with E-state index in [0.717, 1.165) is 25.7 Å². The fourth-order valence-electron chi connectivity index (χ4n) is 2.30. The number of rotatable bonds is 5. The molecule has 1 aromatic rings. The molecule has 1 aliphatic rings. The molecule has 2 rings (SSSR count). The van der Waals surface area contributed by atoms with Crippen LogP contribution in [0.15, 0.2) is 30.9 Å². The van der Waals surface area contributed by atoms with Crippen molar-refractivity contribution in [1.82, 2.24) is 5.32 Å². The van der Waals surface area contributed by atoms with Crippen molar-refractivity contribution in [3.63, 3.8) is 0 Å². The molecule has 1 aliphatic carbocycles. The molecule has 1 saturated carbocycles. The van der Waals surface area contributed by atoms with Crippen LogP contribution in [-0.2, 0) is 12.8 Å². The summed E-state index contributed by atoms with van der Waals surface area (Å²) in [7, 11) is 0. The first-order chi connectivity index (χ1) is 8.54. The molecule has 0 saturated heterocycles. The van der Waals surface area contributed by atoms with Gasteiger partial charge in [-0.2, -0.15) is 0 Å². The maximum absolute atomic E-state index is 10.8. The summed E-state index contributed by atoms with van der Waals surface area (Å²) < 4.78 is 0. The Balaban J connectivity index is 2.15. The summed E-state index contributed by atoms with van der Waals surface area (Å²) in [6.45, 7) is 5.82. The minimum absolute atomic E-state index is 0.219. The third-order valence-electron chi connectivity index (χ3n) is 3.55. The second-order valence-corrected chi connectivity index (χ2v) is 5.14. The number of hydrogen-bond acceptors (Lipinski definition) is 1. The zero-order valence-electron chi connectivity index (χ0n) is 10.7. The van der Waals surface area contributed by atoms with E-state index in [0.29, 0.717) is 0 Å². The Labute approximate surface area is 108 Å². The highest BCUT2D eigenvalue weighted by Crippen LogP contribution is 2.39. The first-order valence-electron chi connectivity index (χ1n) is 6.25. The third kappa shape index (κ3) is 2.92. The average molecular weight is 245 g/mol. The van der Waals surface area contributed by atoms with Crippen LogP contribution in [0.2, 0.25) is 0 Å². The van der Waals surface area contributed by atoms with E-state index in [2.05, 4.69) is 37.0 Å². The Bertz CT molecular complexity index is 475. The van der Waals surface area contributed by atoms with Gasteiger partial charge in [0.2, 0.25) is 0 Å². The van der Waals surface area contributed by atoms with Crippen LogP contribution < -0.4 is 5.32 Å². The van der Waals surface area contributed by atoms with E-state index in [9.17, 15) is 4.79 Å². The molecule has 0 atom stereocenters. The molecule has 0 radical (unpaired) electrons. The number of allylic oxidation sites excluding steroid dienone is 1. The van der Waals surface area contributed by atoms with Gasteiger partial charge in [0.1, 0.15) is 0 Å². The van der Waals surface area contributed by atoms with Gasteiger partial charge in [0.05, 0.1) is 0 Å². The molecule has 0 aromatic heterocycles. The highest BCUT2D eigenvalue weighted by atomic mass is 16.4. The van der Waals surface area contributed by atoms with Crippen LogP contribution in [0.5, 0.6) is 0 Å². The van der Waals surface area contributed by atoms with Crippen molar-refractivity contribution in [2.45, 2.75) is 38.1 Å². The van der Waals surface area contributed by atoms with E-state index in [1.54, 1.807) is 0 Å². The van der Waals surface area contributed by atoms with Crippen molar-refractivity contribution in [2.75, 3.05) is 0 Å². The van der Waals surface area contributed by atoms with Gasteiger partial charge in [-0.15, -0.1) is 6.58 Å². The molecule has 3 nitrogen and oxygen atoms in total. The predicted octanol–water partition coefficient (Wildman–Crippen LogP) is 3.07. The summed E-state index contributed by atoms with van der Waals surface area (Å²) in [6, 6.07) is 6.37. The van der Waals surface area contributed by atoms with Crippen molar-refractivity contribution >= 4 is 6.09 Å². The topological polar surface area (TPSA) is 49.3 Å². The lowest BCUT2D eigenvalue weighted by Gasteiger charge is -2.17. The van der Waals surface area contributed by atoms with Crippen LogP contribution in [0.25, 0.3) is 0 Å². The number of carboxylic acid groups (broad SMARTS) is 1. The third-order valence-corrected chi connectivity index (χ3v) is 3.55. The number of nitrogens with one attached hydrogen (secondary N) is 1. The van der Waals surface area contributed by atoms with E-state index in [1.165, 1.54) is 16.7 Å². The summed E-state index contributed by atoms with van der Waals surface area (Å²) in [5, 5.41) is 11.5. The second kappa shape index (κ2) is 4.84. The molecule has 96 valence electrons. The van der Waals surface area contributed by atoms with E-state index in [1.807, 2.05) is 6.08 Å². The van der Waals surface area contributed by atoms with Gasteiger partial charge in [-0.05, 0) is 49.3 Å².